The van der Waals surface area contributed by atoms with Crippen molar-refractivity contribution in [2.75, 3.05) is 6.54 Å². The van der Waals surface area contributed by atoms with Gasteiger partial charge in [-0.3, -0.25) is 9.59 Å². The number of hydrogen-bond donors (Lipinski definition) is 4. The van der Waals surface area contributed by atoms with Crippen LogP contribution >= 0.6 is 0 Å². The number of nitrogens with two attached hydrogens (primary N) is 2. The molecule has 0 saturated carbocycles. The molecule has 0 aliphatic heterocycles. The van der Waals surface area contributed by atoms with Crippen molar-refractivity contribution in [1.29, 1.82) is 0 Å². The molecule has 3 amide bonds. The highest BCUT2D eigenvalue weighted by Crippen LogP contribution is 2.14. The van der Waals surface area contributed by atoms with Gasteiger partial charge in [-0.05, 0) is 40.5 Å². The number of nitrogens with zero attached hydrogens (tertiary/aromatic N) is 1. The predicted molar refractivity (Wildman–Crippen MR) is 78.5 cm³/mol. The molecule has 8 heteroatoms. The molecule has 0 aliphatic rings. The van der Waals surface area contributed by atoms with Crippen LogP contribution in [0.5, 0.6) is 0 Å². The lowest BCUT2D eigenvalue weighted by Gasteiger charge is -2.33. The Labute approximate surface area is 124 Å². The fraction of sp³-hybridized carbons (Fsp3) is 0.769. The lowest BCUT2D eigenvalue weighted by atomic mass is 10.0. The third-order valence-corrected chi connectivity index (χ3v) is 3.06. The van der Waals surface area contributed by atoms with E-state index in [4.69, 9.17) is 16.6 Å². The summed E-state index contributed by atoms with van der Waals surface area (Å²) in [5.74, 6) is -1.11. The molecule has 122 valence electrons. The maximum Gasteiger partial charge on any atom is 0.407 e. The van der Waals surface area contributed by atoms with Gasteiger partial charge in [0.1, 0.15) is 6.04 Å². The summed E-state index contributed by atoms with van der Waals surface area (Å²) in [5, 5.41) is 11.5. The molecule has 0 saturated heterocycles. The fourth-order valence-electron chi connectivity index (χ4n) is 1.71. The van der Waals surface area contributed by atoms with E-state index in [1.54, 1.807) is 20.8 Å². The Kier molecular flexibility index (Phi) is 7.14. The average Bonchev–Trinajstić information content (AvgIpc) is 2.31. The smallest absolute Gasteiger partial charge is 0.407 e. The third kappa shape index (κ3) is 6.94. The summed E-state index contributed by atoms with van der Waals surface area (Å²) < 4.78 is 0. The van der Waals surface area contributed by atoms with E-state index in [1.165, 1.54) is 11.8 Å². The Morgan fingerprint density at radius 2 is 1.81 bits per heavy atom. The highest BCUT2D eigenvalue weighted by molar-refractivity contribution is 5.88. The van der Waals surface area contributed by atoms with Crippen molar-refractivity contribution in [3.63, 3.8) is 0 Å². The molecule has 0 radical (unpaired) electrons. The zero-order valence-corrected chi connectivity index (χ0v) is 13.0. The van der Waals surface area contributed by atoms with E-state index in [0.29, 0.717) is 12.8 Å². The number of carbonyl (C=O) groups is 3. The van der Waals surface area contributed by atoms with Gasteiger partial charge in [0.2, 0.25) is 11.8 Å². The van der Waals surface area contributed by atoms with Crippen molar-refractivity contribution in [3.8, 4) is 0 Å². The van der Waals surface area contributed by atoms with Crippen LogP contribution in [-0.4, -0.2) is 52.1 Å². The van der Waals surface area contributed by atoms with E-state index < -0.39 is 35.5 Å². The minimum absolute atomic E-state index is 0.283. The predicted octanol–water partition coefficient (Wildman–Crippen LogP) is -0.138. The first-order chi connectivity index (χ1) is 9.46. The monoisotopic (exact) mass is 302 g/mol. The molecule has 0 fully saturated rings. The number of rotatable bonds is 7. The minimum Gasteiger partial charge on any atom is -0.465 e. The van der Waals surface area contributed by atoms with Crippen molar-refractivity contribution in [1.82, 2.24) is 10.2 Å². The van der Waals surface area contributed by atoms with E-state index in [2.05, 4.69) is 5.32 Å². The molecule has 0 aromatic rings. The van der Waals surface area contributed by atoms with Gasteiger partial charge in [-0.1, -0.05) is 0 Å². The Morgan fingerprint density at radius 1 is 1.29 bits per heavy atom. The van der Waals surface area contributed by atoms with Gasteiger partial charge >= 0.3 is 6.09 Å². The molecule has 2 atom stereocenters. The first kappa shape index (κ1) is 19.2. The molecule has 0 aromatic carbocycles. The Bertz CT molecular complexity index is 392. The zero-order chi connectivity index (χ0) is 16.8. The van der Waals surface area contributed by atoms with E-state index in [0.717, 1.165) is 0 Å². The van der Waals surface area contributed by atoms with Crippen LogP contribution in [-0.2, 0) is 9.59 Å². The quantitative estimate of drug-likeness (QED) is 0.518. The van der Waals surface area contributed by atoms with Gasteiger partial charge in [0.25, 0.3) is 0 Å². The van der Waals surface area contributed by atoms with Crippen molar-refractivity contribution in [2.24, 2.45) is 11.5 Å². The van der Waals surface area contributed by atoms with Crippen molar-refractivity contribution in [2.45, 2.75) is 58.2 Å². The minimum atomic E-state index is -1.01. The summed E-state index contributed by atoms with van der Waals surface area (Å²) >= 11 is 0. The van der Waals surface area contributed by atoms with Gasteiger partial charge in [0, 0.05) is 12.1 Å². The number of carboxylic acid groups (broad SMARTS) is 1. The topological polar surface area (TPSA) is 139 Å². The molecule has 0 heterocycles. The lowest BCUT2D eigenvalue weighted by Crippen LogP contribution is -2.49. The van der Waals surface area contributed by atoms with Crippen LogP contribution in [0, 0.1) is 0 Å². The van der Waals surface area contributed by atoms with Gasteiger partial charge in [-0.2, -0.15) is 0 Å². The molecule has 0 rings (SSSR count). The molecule has 0 aromatic heterocycles. The number of primary amides is 1. The highest BCUT2D eigenvalue weighted by Gasteiger charge is 2.26. The van der Waals surface area contributed by atoms with Crippen molar-refractivity contribution in [3.05, 3.63) is 0 Å². The maximum absolute atomic E-state index is 11.7. The summed E-state index contributed by atoms with van der Waals surface area (Å²) in [6.45, 7) is 7.14. The second kappa shape index (κ2) is 7.82. The van der Waals surface area contributed by atoms with Crippen molar-refractivity contribution >= 4 is 17.9 Å². The molecule has 0 spiro atoms. The first-order valence-electron chi connectivity index (χ1n) is 6.82. The van der Waals surface area contributed by atoms with Gasteiger partial charge < -0.3 is 26.8 Å². The summed E-state index contributed by atoms with van der Waals surface area (Å²) in [7, 11) is 0. The zero-order valence-electron chi connectivity index (χ0n) is 13.0. The van der Waals surface area contributed by atoms with E-state index in [1.807, 2.05) is 0 Å². The summed E-state index contributed by atoms with van der Waals surface area (Å²) in [6.07, 6.45) is -0.247. The SMILES string of the molecule is C[C@H](NC(=O)[C@@H](N)CCCN(C(=O)O)C(C)(C)C)C(N)=O. The van der Waals surface area contributed by atoms with Gasteiger partial charge in [0.15, 0.2) is 0 Å². The van der Waals surface area contributed by atoms with Crippen molar-refractivity contribution < 1.29 is 19.5 Å². The summed E-state index contributed by atoms with van der Waals surface area (Å²) in [4.78, 5) is 35.0. The van der Waals surface area contributed by atoms with Gasteiger partial charge in [-0.25, -0.2) is 4.79 Å². The van der Waals surface area contributed by atoms with Crippen LogP contribution in [0.2, 0.25) is 0 Å². The third-order valence-electron chi connectivity index (χ3n) is 3.06. The number of carbonyl (C=O) groups excluding carboxylic acids is 2. The van der Waals surface area contributed by atoms with Gasteiger partial charge in [-0.15, -0.1) is 0 Å². The van der Waals surface area contributed by atoms with E-state index >= 15 is 0 Å². The molecule has 0 unspecified atom stereocenters. The Hall–Kier alpha value is -1.83. The highest BCUT2D eigenvalue weighted by atomic mass is 16.4. The molecule has 0 bridgehead atoms. The Balaban J connectivity index is 4.30. The molecular formula is C13H26N4O4. The maximum atomic E-state index is 11.7. The second-order valence-electron chi connectivity index (χ2n) is 5.99. The normalized spacial score (nSPS) is 14.1. The number of hydrogen-bond acceptors (Lipinski definition) is 4. The van der Waals surface area contributed by atoms with Crippen LogP contribution in [0.1, 0.15) is 40.5 Å². The summed E-state index contributed by atoms with van der Waals surface area (Å²) in [5.41, 5.74) is 10.2. The average molecular weight is 302 g/mol. The van der Waals surface area contributed by atoms with Gasteiger partial charge in [0.05, 0.1) is 6.04 Å². The molecule has 0 aliphatic carbocycles. The second-order valence-corrected chi connectivity index (χ2v) is 5.99. The molecular weight excluding hydrogens is 276 g/mol. The van der Waals surface area contributed by atoms with Crippen LogP contribution in [0.15, 0.2) is 0 Å². The number of nitrogens with one attached hydrogen (secondary N) is 1. The van der Waals surface area contributed by atoms with E-state index in [-0.39, 0.29) is 6.54 Å². The van der Waals surface area contributed by atoms with Crippen LogP contribution in [0.4, 0.5) is 4.79 Å². The molecule has 8 nitrogen and oxygen atoms in total. The molecule has 6 N–H and O–H groups in total. The van der Waals surface area contributed by atoms with Crippen LogP contribution in [0.3, 0.4) is 0 Å². The van der Waals surface area contributed by atoms with Crippen LogP contribution in [0.25, 0.3) is 0 Å². The first-order valence-corrected chi connectivity index (χ1v) is 6.82. The lowest BCUT2D eigenvalue weighted by molar-refractivity contribution is -0.127. The fourth-order valence-corrected chi connectivity index (χ4v) is 1.71. The van der Waals surface area contributed by atoms with Crippen LogP contribution < -0.4 is 16.8 Å². The molecule has 21 heavy (non-hydrogen) atoms. The standard InChI is InChI=1S/C13H26N4O4/c1-8(10(15)18)16-11(19)9(14)6-5-7-17(12(20)21)13(2,3)4/h8-9H,5-7,14H2,1-4H3,(H2,15,18)(H,16,19)(H,20,21)/t8-,9-/m0/s1. The van der Waals surface area contributed by atoms with E-state index in [9.17, 15) is 14.4 Å². The number of amides is 3. The summed E-state index contributed by atoms with van der Waals surface area (Å²) in [6, 6.07) is -1.59. The largest absolute Gasteiger partial charge is 0.465 e. The Morgan fingerprint density at radius 3 is 2.19 bits per heavy atom.